The average molecular weight is 821 g/mol. The van der Waals surface area contributed by atoms with Crippen LogP contribution in [0, 0.1) is 0 Å². The number of para-hydroxylation sites is 1. The van der Waals surface area contributed by atoms with Crippen LogP contribution in [-0.4, -0.2) is 75.2 Å². The molecule has 17 heteroatoms. The summed E-state index contributed by atoms with van der Waals surface area (Å²) in [5.74, 6) is -9.16. The van der Waals surface area contributed by atoms with E-state index in [-0.39, 0.29) is 46.2 Å². The Balaban J connectivity index is 1.29. The van der Waals surface area contributed by atoms with Gasteiger partial charge in [-0.2, -0.15) is 0 Å². The second-order valence-electron chi connectivity index (χ2n) is 14.1. The van der Waals surface area contributed by atoms with Crippen molar-refractivity contribution in [1.82, 2.24) is 0 Å². The third-order valence-corrected chi connectivity index (χ3v) is 10.2. The zero-order valence-electron chi connectivity index (χ0n) is 30.6. The van der Waals surface area contributed by atoms with Crippen LogP contribution in [0.15, 0.2) is 89.7 Å². The molecule has 0 saturated carbocycles. The zero-order valence-corrected chi connectivity index (χ0v) is 30.6. The number of hydrogen-bond acceptors (Lipinski definition) is 17. The van der Waals surface area contributed by atoms with Gasteiger partial charge in [0, 0.05) is 41.7 Å². The second-order valence-corrected chi connectivity index (χ2v) is 14.1. The van der Waals surface area contributed by atoms with Gasteiger partial charge in [-0.05, 0) is 65.5 Å². The third-order valence-electron chi connectivity index (χ3n) is 10.2. The molecule has 2 aliphatic heterocycles. The summed E-state index contributed by atoms with van der Waals surface area (Å²) in [4.78, 5) is 41.0. The highest BCUT2D eigenvalue weighted by Crippen LogP contribution is 2.47. The van der Waals surface area contributed by atoms with E-state index in [2.05, 4.69) is 0 Å². The lowest BCUT2D eigenvalue weighted by molar-refractivity contribution is -0.0192. The van der Waals surface area contributed by atoms with Crippen molar-refractivity contribution in [3.05, 3.63) is 129 Å². The molecule has 0 fully saturated rings. The Labute approximate surface area is 336 Å². The van der Waals surface area contributed by atoms with Crippen molar-refractivity contribution < 1.29 is 79.6 Å². The molecule has 6 aromatic carbocycles. The van der Waals surface area contributed by atoms with Crippen LogP contribution >= 0.6 is 0 Å². The minimum absolute atomic E-state index is 0.0109. The molecular weight excluding hydrogens is 788 g/mol. The monoisotopic (exact) mass is 820 g/mol. The number of hydrogen-bond donors (Lipinski definition) is 10. The molecule has 2 heterocycles. The van der Waals surface area contributed by atoms with Gasteiger partial charge in [0.15, 0.2) is 58.2 Å². The van der Waals surface area contributed by atoms with E-state index in [0.29, 0.717) is 11.3 Å². The minimum Gasteiger partial charge on any atom is -0.508 e. The van der Waals surface area contributed by atoms with E-state index < -0.39 is 110 Å². The Morgan fingerprint density at radius 2 is 1.18 bits per heavy atom. The van der Waals surface area contributed by atoms with Crippen molar-refractivity contribution in [2.75, 3.05) is 0 Å². The van der Waals surface area contributed by atoms with Gasteiger partial charge in [-0.25, -0.2) is 9.59 Å². The number of esters is 2. The Morgan fingerprint density at radius 1 is 0.550 bits per heavy atom. The molecule has 6 aromatic rings. The number of carbonyl (C=O) groups is 2. The molecule has 0 bridgehead atoms. The number of ether oxygens (including phenoxy) is 4. The number of phenolic OH excluding ortho intramolecular Hbond substituents is 9. The van der Waals surface area contributed by atoms with Gasteiger partial charge in [-0.3, -0.25) is 4.79 Å². The van der Waals surface area contributed by atoms with Crippen LogP contribution in [-0.2, 0) is 22.3 Å². The Bertz CT molecular complexity index is 2810. The average Bonchev–Trinajstić information content (AvgIpc) is 3.34. The summed E-state index contributed by atoms with van der Waals surface area (Å²) in [6.07, 6.45) is -5.85. The van der Waals surface area contributed by atoms with E-state index in [9.17, 15) is 65.4 Å². The summed E-state index contributed by atoms with van der Waals surface area (Å²) >= 11 is 0. The standard InChI is InChI=1S/C43H32O17/c44-21-13-26(46)24-16-35(60-43(56)20-10-28(48)37(52)29(49)11-20)40(58-33(24)14-21)19-7-22-23(15-31(51)39(54)36(22)38(53)30(50)9-19)41-34(12-17-3-1-2-4-32(17)57-41)59-42(55)18-5-6-25(45)27(47)8-18/h1-11,13-15,34-35,40-41,44-49,51-52,54H,12,16H2,(H,50,53)/t34-,35-,40-,41-/m0/s1. The highest BCUT2D eigenvalue weighted by atomic mass is 16.6. The molecule has 0 spiro atoms. The van der Waals surface area contributed by atoms with Crippen LogP contribution in [0.5, 0.6) is 69.0 Å². The van der Waals surface area contributed by atoms with Crippen LogP contribution in [0.2, 0.25) is 0 Å². The summed E-state index contributed by atoms with van der Waals surface area (Å²) in [6, 6.07) is 17.1. The van der Waals surface area contributed by atoms with E-state index in [1.54, 1.807) is 24.3 Å². The first-order chi connectivity index (χ1) is 28.6. The first-order valence-corrected chi connectivity index (χ1v) is 18.0. The van der Waals surface area contributed by atoms with Crippen molar-refractivity contribution in [3.8, 4) is 69.0 Å². The van der Waals surface area contributed by atoms with Gasteiger partial charge < -0.3 is 70.0 Å². The Morgan fingerprint density at radius 3 is 1.90 bits per heavy atom. The van der Waals surface area contributed by atoms with Gasteiger partial charge in [0.25, 0.3) is 0 Å². The molecule has 17 nitrogen and oxygen atoms in total. The molecular formula is C43H32O17. The fourth-order valence-corrected chi connectivity index (χ4v) is 7.35. The van der Waals surface area contributed by atoms with Crippen LogP contribution in [0.3, 0.4) is 0 Å². The fourth-order valence-electron chi connectivity index (χ4n) is 7.35. The van der Waals surface area contributed by atoms with Crippen molar-refractivity contribution >= 4 is 22.7 Å². The minimum atomic E-state index is -1.50. The third kappa shape index (κ3) is 6.82. The molecule has 0 saturated heterocycles. The predicted octanol–water partition coefficient (Wildman–Crippen LogP) is 5.06. The maximum Gasteiger partial charge on any atom is 0.338 e. The largest absolute Gasteiger partial charge is 0.508 e. The summed E-state index contributed by atoms with van der Waals surface area (Å²) in [5, 5.41) is 104. The van der Waals surface area contributed by atoms with Crippen molar-refractivity contribution in [2.45, 2.75) is 37.3 Å². The molecule has 8 rings (SSSR count). The lowest BCUT2D eigenvalue weighted by Crippen LogP contribution is -2.35. The van der Waals surface area contributed by atoms with E-state index in [4.69, 9.17) is 18.9 Å². The number of fused-ring (bicyclic) bond motifs is 3. The Hall–Kier alpha value is -8.21. The Kier molecular flexibility index (Phi) is 9.42. The van der Waals surface area contributed by atoms with E-state index >= 15 is 0 Å². The number of benzene rings is 5. The van der Waals surface area contributed by atoms with Crippen molar-refractivity contribution in [3.63, 3.8) is 0 Å². The molecule has 10 N–H and O–H groups in total. The zero-order chi connectivity index (χ0) is 42.7. The summed E-state index contributed by atoms with van der Waals surface area (Å²) < 4.78 is 24.3. The normalized spacial score (nSPS) is 18.0. The molecule has 2 aliphatic rings. The van der Waals surface area contributed by atoms with Crippen LogP contribution in [0.4, 0.5) is 0 Å². The lowest BCUT2D eigenvalue weighted by Gasteiger charge is -2.34. The summed E-state index contributed by atoms with van der Waals surface area (Å²) in [6.45, 7) is 0. The van der Waals surface area contributed by atoms with Gasteiger partial charge in [-0.1, -0.05) is 18.2 Å². The maximum absolute atomic E-state index is 13.9. The van der Waals surface area contributed by atoms with E-state index in [1.807, 2.05) is 0 Å². The maximum atomic E-state index is 13.9. The molecule has 0 aliphatic carbocycles. The van der Waals surface area contributed by atoms with Gasteiger partial charge in [0.2, 0.25) is 5.43 Å². The smallest absolute Gasteiger partial charge is 0.338 e. The molecule has 0 unspecified atom stereocenters. The van der Waals surface area contributed by atoms with Crippen LogP contribution in [0.1, 0.15) is 55.2 Å². The summed E-state index contributed by atoms with van der Waals surface area (Å²) in [5.41, 5.74) is -1.25. The number of aromatic hydroxyl groups is 10. The molecule has 306 valence electrons. The molecule has 60 heavy (non-hydrogen) atoms. The van der Waals surface area contributed by atoms with E-state index in [1.165, 1.54) is 12.1 Å². The molecule has 0 aromatic heterocycles. The number of phenols is 9. The number of rotatable bonds is 6. The topological polar surface area (TPSA) is 290 Å². The quantitative estimate of drug-likeness (QED) is 0.0776. The van der Waals surface area contributed by atoms with E-state index in [0.717, 1.165) is 48.5 Å². The second kappa shape index (κ2) is 14.6. The van der Waals surface area contributed by atoms with Crippen LogP contribution in [0.25, 0.3) is 10.8 Å². The summed E-state index contributed by atoms with van der Waals surface area (Å²) in [7, 11) is 0. The van der Waals surface area contributed by atoms with Crippen LogP contribution < -0.4 is 14.9 Å². The SMILES string of the molecule is O=C(O[C@H]1Cc2c(O)cc(O)cc2O[C@H]1c1cc(O)c(=O)c2c(O)c(O)cc([C@@H]3Oc4ccccc4C[C@@H]3OC(=O)c3ccc(O)c(O)c3)c2c1)c1cc(O)c(O)c(O)c1. The van der Waals surface area contributed by atoms with Crippen molar-refractivity contribution in [1.29, 1.82) is 0 Å². The molecule has 4 atom stereocenters. The lowest BCUT2D eigenvalue weighted by atomic mass is 9.90. The highest BCUT2D eigenvalue weighted by molar-refractivity contribution is 5.95. The number of carbonyl (C=O) groups excluding carboxylic acids is 2. The van der Waals surface area contributed by atoms with Gasteiger partial charge >= 0.3 is 11.9 Å². The first-order valence-electron chi connectivity index (χ1n) is 18.0. The fraction of sp³-hybridized carbons (Fsp3) is 0.140. The van der Waals surface area contributed by atoms with Crippen molar-refractivity contribution in [2.24, 2.45) is 0 Å². The molecule has 0 radical (unpaired) electrons. The van der Waals surface area contributed by atoms with Gasteiger partial charge in [0.1, 0.15) is 35.2 Å². The van der Waals surface area contributed by atoms with Gasteiger partial charge in [-0.15, -0.1) is 0 Å². The molecule has 0 amide bonds. The first kappa shape index (κ1) is 38.7. The predicted molar refractivity (Wildman–Crippen MR) is 205 cm³/mol. The van der Waals surface area contributed by atoms with Gasteiger partial charge in [0.05, 0.1) is 16.5 Å². The highest BCUT2D eigenvalue weighted by Gasteiger charge is 2.40.